The van der Waals surface area contributed by atoms with Gasteiger partial charge in [0.05, 0.1) is 12.6 Å². The Morgan fingerprint density at radius 2 is 1.70 bits per heavy atom. The van der Waals surface area contributed by atoms with E-state index >= 15 is 0 Å². The van der Waals surface area contributed by atoms with E-state index in [1.165, 1.54) is 0 Å². The van der Waals surface area contributed by atoms with Crippen LogP contribution in [0.25, 0.3) is 0 Å². The zero-order valence-corrected chi connectivity index (χ0v) is 16.5. The van der Waals surface area contributed by atoms with E-state index in [0.29, 0.717) is 18.4 Å². The van der Waals surface area contributed by atoms with Gasteiger partial charge in [0.15, 0.2) is 0 Å². The predicted molar refractivity (Wildman–Crippen MR) is 101 cm³/mol. The summed E-state index contributed by atoms with van der Waals surface area (Å²) in [5.41, 5.74) is 0. The Labute approximate surface area is 165 Å². The van der Waals surface area contributed by atoms with Gasteiger partial charge in [-0.15, -0.1) is 0 Å². The number of halogens is 1. The summed E-state index contributed by atoms with van der Waals surface area (Å²) in [5.74, 6) is 0.921. The summed E-state index contributed by atoms with van der Waals surface area (Å²) in [6.07, 6.45) is 5.76. The normalized spacial score (nSPS) is 33.0. The first-order valence-corrected chi connectivity index (χ1v) is 10.6. The molecule has 1 saturated carbocycles. The van der Waals surface area contributed by atoms with Crippen LogP contribution >= 0.6 is 11.8 Å². The number of carbonyl (C=O) groups excluding carboxylic acids is 2. The molecule has 0 spiro atoms. The summed E-state index contributed by atoms with van der Waals surface area (Å²) in [6, 6.07) is 2.30. The third-order valence-corrected chi connectivity index (χ3v) is 7.17. The molecular formula is C19H28ClN5O2. The molecule has 0 N–H and O–H groups in total. The van der Waals surface area contributed by atoms with Gasteiger partial charge in [-0.2, -0.15) is 5.26 Å². The van der Waals surface area contributed by atoms with Crippen molar-refractivity contribution in [2.75, 3.05) is 39.3 Å². The molecular weight excluding hydrogens is 366 g/mol. The van der Waals surface area contributed by atoms with Crippen molar-refractivity contribution in [1.29, 1.82) is 5.26 Å². The van der Waals surface area contributed by atoms with Crippen LogP contribution in [-0.4, -0.2) is 82.4 Å². The van der Waals surface area contributed by atoms with Gasteiger partial charge in [-0.3, -0.25) is 4.79 Å². The van der Waals surface area contributed by atoms with Crippen LogP contribution in [0.5, 0.6) is 0 Å². The highest BCUT2D eigenvalue weighted by Gasteiger charge is 2.45. The molecule has 0 radical (unpaired) electrons. The quantitative estimate of drug-likeness (QED) is 0.686. The summed E-state index contributed by atoms with van der Waals surface area (Å²) >= 11 is 6.48. The summed E-state index contributed by atoms with van der Waals surface area (Å²) in [4.78, 5) is 30.8. The molecule has 3 amide bonds. The maximum absolute atomic E-state index is 12.6. The highest BCUT2D eigenvalue weighted by Crippen LogP contribution is 2.41. The van der Waals surface area contributed by atoms with Crippen LogP contribution in [-0.2, 0) is 4.79 Å². The van der Waals surface area contributed by atoms with Crippen molar-refractivity contribution in [3.8, 4) is 6.07 Å². The van der Waals surface area contributed by atoms with Crippen LogP contribution in [0.15, 0.2) is 0 Å². The number of urea groups is 1. The first-order chi connectivity index (χ1) is 13.1. The average Bonchev–Trinajstić information content (AvgIpc) is 3.43. The molecule has 4 fully saturated rings. The minimum Gasteiger partial charge on any atom is -0.326 e. The fourth-order valence-electron chi connectivity index (χ4n) is 5.31. The van der Waals surface area contributed by atoms with Crippen LogP contribution in [0.3, 0.4) is 0 Å². The lowest BCUT2D eigenvalue weighted by Crippen LogP contribution is -2.43. The Morgan fingerprint density at radius 1 is 1.04 bits per heavy atom. The lowest BCUT2D eigenvalue weighted by atomic mass is 10.0. The van der Waals surface area contributed by atoms with Crippen molar-refractivity contribution in [2.45, 2.75) is 50.6 Å². The van der Waals surface area contributed by atoms with Crippen molar-refractivity contribution < 1.29 is 9.59 Å². The van der Waals surface area contributed by atoms with Crippen LogP contribution in [0.4, 0.5) is 4.79 Å². The molecule has 4 rings (SSSR count). The lowest BCUT2D eigenvalue weighted by Gasteiger charge is -2.28. The van der Waals surface area contributed by atoms with Gasteiger partial charge in [0.2, 0.25) is 5.91 Å². The Morgan fingerprint density at radius 3 is 2.33 bits per heavy atom. The number of amides is 3. The standard InChI is InChI=1S/C19H28ClN5O2/c20-25(13-18(26)24-7-3-4-16(24)10-21)17-8-14-11-23(12-15(14)9-17)19(27)22-5-1-2-6-22/h14-17H,1-9,11-13H2/t14-,15+,16-,17?/m0/s1. The highest BCUT2D eigenvalue weighted by molar-refractivity contribution is 6.14. The van der Waals surface area contributed by atoms with E-state index in [9.17, 15) is 9.59 Å². The number of hydrogen-bond acceptors (Lipinski definition) is 4. The summed E-state index contributed by atoms with van der Waals surface area (Å²) in [5, 5.41) is 9.16. The Kier molecular flexibility index (Phi) is 5.47. The van der Waals surface area contributed by atoms with E-state index in [1.54, 1.807) is 9.32 Å². The summed E-state index contributed by atoms with van der Waals surface area (Å²) < 4.78 is 1.65. The zero-order chi connectivity index (χ0) is 19.0. The minimum atomic E-state index is -0.296. The molecule has 3 heterocycles. The lowest BCUT2D eigenvalue weighted by molar-refractivity contribution is -0.131. The van der Waals surface area contributed by atoms with Gasteiger partial charge < -0.3 is 14.7 Å². The van der Waals surface area contributed by atoms with E-state index < -0.39 is 0 Å². The van der Waals surface area contributed by atoms with Gasteiger partial charge >= 0.3 is 6.03 Å². The molecule has 8 heteroatoms. The van der Waals surface area contributed by atoms with Gasteiger partial charge in [-0.05, 0) is 62.1 Å². The van der Waals surface area contributed by atoms with Gasteiger partial charge in [0.25, 0.3) is 0 Å². The van der Waals surface area contributed by atoms with Crippen LogP contribution in [0.2, 0.25) is 0 Å². The molecule has 148 valence electrons. The van der Waals surface area contributed by atoms with Crippen molar-refractivity contribution in [3.63, 3.8) is 0 Å². The predicted octanol–water partition coefficient (Wildman–Crippen LogP) is 1.88. The van der Waals surface area contributed by atoms with E-state index in [2.05, 4.69) is 6.07 Å². The third kappa shape index (κ3) is 3.74. The van der Waals surface area contributed by atoms with Crippen LogP contribution in [0.1, 0.15) is 38.5 Å². The number of likely N-dealkylation sites (tertiary alicyclic amines) is 3. The van der Waals surface area contributed by atoms with Gasteiger partial charge in [0.1, 0.15) is 6.04 Å². The molecule has 0 aromatic rings. The maximum Gasteiger partial charge on any atom is 0.320 e. The number of rotatable bonds is 3. The molecule has 3 saturated heterocycles. The minimum absolute atomic E-state index is 0.0445. The second kappa shape index (κ2) is 7.84. The van der Waals surface area contributed by atoms with Crippen molar-refractivity contribution >= 4 is 23.7 Å². The number of nitriles is 1. The van der Waals surface area contributed by atoms with Gasteiger partial charge in [0, 0.05) is 38.8 Å². The molecule has 1 aliphatic carbocycles. The summed E-state index contributed by atoms with van der Waals surface area (Å²) in [7, 11) is 0. The molecule has 1 unspecified atom stereocenters. The van der Waals surface area contributed by atoms with E-state index in [0.717, 1.165) is 64.7 Å². The number of nitrogens with zero attached hydrogens (tertiary/aromatic N) is 5. The number of fused-ring (bicyclic) bond motifs is 1. The molecule has 0 aromatic heterocycles. The second-order valence-corrected chi connectivity index (χ2v) is 8.89. The number of carbonyl (C=O) groups is 2. The van der Waals surface area contributed by atoms with E-state index in [1.807, 2.05) is 9.80 Å². The monoisotopic (exact) mass is 393 g/mol. The largest absolute Gasteiger partial charge is 0.326 e. The maximum atomic E-state index is 12.6. The number of hydrogen-bond donors (Lipinski definition) is 0. The first kappa shape index (κ1) is 18.8. The molecule has 7 nitrogen and oxygen atoms in total. The average molecular weight is 394 g/mol. The second-order valence-electron chi connectivity index (χ2n) is 8.46. The fraction of sp³-hybridized carbons (Fsp3) is 0.842. The Balaban J connectivity index is 1.26. The highest BCUT2D eigenvalue weighted by atomic mass is 35.5. The molecule has 0 bridgehead atoms. The summed E-state index contributed by atoms with van der Waals surface area (Å²) in [6.45, 7) is 4.25. The SMILES string of the molecule is N#C[C@@H]1CCCN1C(=O)CN(Cl)C1C[C@@H]2CN(C(=O)N3CCCC3)C[C@@H]2C1. The van der Waals surface area contributed by atoms with E-state index in [4.69, 9.17) is 17.0 Å². The third-order valence-electron chi connectivity index (χ3n) is 6.78. The Hall–Kier alpha value is -1.52. The van der Waals surface area contributed by atoms with Crippen LogP contribution in [0, 0.1) is 23.2 Å². The molecule has 27 heavy (non-hydrogen) atoms. The Bertz CT molecular complexity index is 618. The van der Waals surface area contributed by atoms with Gasteiger partial charge in [-0.1, -0.05) is 0 Å². The fourth-order valence-corrected chi connectivity index (χ4v) is 5.57. The van der Waals surface area contributed by atoms with E-state index in [-0.39, 0.29) is 30.6 Å². The zero-order valence-electron chi connectivity index (χ0n) is 15.7. The van der Waals surface area contributed by atoms with Crippen molar-refractivity contribution in [1.82, 2.24) is 19.1 Å². The molecule has 3 aliphatic heterocycles. The van der Waals surface area contributed by atoms with Crippen molar-refractivity contribution in [3.05, 3.63) is 0 Å². The molecule has 4 atom stereocenters. The first-order valence-electron chi connectivity index (χ1n) is 10.2. The van der Waals surface area contributed by atoms with Crippen molar-refractivity contribution in [2.24, 2.45) is 11.8 Å². The smallest absolute Gasteiger partial charge is 0.320 e. The molecule has 0 aromatic carbocycles. The van der Waals surface area contributed by atoms with Crippen LogP contribution < -0.4 is 0 Å². The van der Waals surface area contributed by atoms with Gasteiger partial charge in [-0.25, -0.2) is 9.21 Å². The molecule has 4 aliphatic rings. The topological polar surface area (TPSA) is 70.9 Å².